The highest BCUT2D eigenvalue weighted by Crippen LogP contribution is 2.44. The van der Waals surface area contributed by atoms with E-state index in [1.807, 2.05) is 0 Å². The van der Waals surface area contributed by atoms with Crippen molar-refractivity contribution in [1.29, 1.82) is 0 Å². The summed E-state index contributed by atoms with van der Waals surface area (Å²) in [6.07, 6.45) is 0.490. The van der Waals surface area contributed by atoms with Gasteiger partial charge in [-0.25, -0.2) is 0 Å². The number of fused-ring (bicyclic) bond motifs is 1. The molecule has 2 fully saturated rings. The molecule has 0 aromatic rings. The molecule has 88 valence electrons. The smallest absolute Gasteiger partial charge is 0.321 e. The van der Waals surface area contributed by atoms with Gasteiger partial charge in [-0.3, -0.25) is 14.4 Å². The van der Waals surface area contributed by atoms with Gasteiger partial charge in [-0.1, -0.05) is 0 Å². The summed E-state index contributed by atoms with van der Waals surface area (Å²) in [6.45, 7) is 0.540. The van der Waals surface area contributed by atoms with Gasteiger partial charge in [-0.15, -0.1) is 0 Å². The lowest BCUT2D eigenvalue weighted by molar-refractivity contribution is -0.169. The first kappa shape index (κ1) is 10.9. The summed E-state index contributed by atoms with van der Waals surface area (Å²) in [5.74, 6) is -3.24. The molecule has 1 aliphatic heterocycles. The molecule has 6 nitrogen and oxygen atoms in total. The Labute approximate surface area is 91.6 Å². The number of nitrogens with one attached hydrogen (secondary N) is 1. The van der Waals surface area contributed by atoms with Crippen molar-refractivity contribution >= 4 is 17.8 Å². The lowest BCUT2D eigenvalue weighted by Gasteiger charge is -2.34. The van der Waals surface area contributed by atoms with Crippen LogP contribution in [-0.2, 0) is 14.4 Å². The molecule has 2 rings (SSSR count). The molecule has 1 aliphatic carbocycles. The summed E-state index contributed by atoms with van der Waals surface area (Å²) >= 11 is 0. The average Bonchev–Trinajstić information content (AvgIpc) is 2.59. The van der Waals surface area contributed by atoms with E-state index >= 15 is 0 Å². The molecule has 3 N–H and O–H groups in total. The van der Waals surface area contributed by atoms with Crippen molar-refractivity contribution in [3.05, 3.63) is 0 Å². The molecular weight excluding hydrogens is 214 g/mol. The predicted molar refractivity (Wildman–Crippen MR) is 51.5 cm³/mol. The van der Waals surface area contributed by atoms with Crippen molar-refractivity contribution in [2.24, 2.45) is 17.3 Å². The first-order valence-electron chi connectivity index (χ1n) is 5.22. The topological polar surface area (TPSA) is 104 Å². The number of carboxylic acid groups (broad SMARTS) is 2. The number of rotatable bonds is 2. The molecule has 2 atom stereocenters. The van der Waals surface area contributed by atoms with Crippen LogP contribution in [0.5, 0.6) is 0 Å². The molecule has 0 bridgehead atoms. The molecule has 2 unspecified atom stereocenters. The van der Waals surface area contributed by atoms with E-state index in [4.69, 9.17) is 10.2 Å². The van der Waals surface area contributed by atoms with Crippen LogP contribution in [-0.4, -0.2) is 34.6 Å². The molecule has 1 saturated carbocycles. The zero-order valence-corrected chi connectivity index (χ0v) is 8.60. The van der Waals surface area contributed by atoms with E-state index in [2.05, 4.69) is 5.32 Å². The minimum absolute atomic E-state index is 0.0891. The van der Waals surface area contributed by atoms with Gasteiger partial charge >= 0.3 is 11.9 Å². The van der Waals surface area contributed by atoms with Crippen LogP contribution in [0.3, 0.4) is 0 Å². The Bertz CT molecular complexity index is 350. The molecule has 1 saturated heterocycles. The van der Waals surface area contributed by atoms with Gasteiger partial charge in [0.05, 0.1) is 0 Å². The van der Waals surface area contributed by atoms with Crippen LogP contribution in [0.25, 0.3) is 0 Å². The van der Waals surface area contributed by atoms with Crippen LogP contribution in [0.2, 0.25) is 0 Å². The molecule has 0 aromatic carbocycles. The van der Waals surface area contributed by atoms with Crippen molar-refractivity contribution < 1.29 is 24.6 Å². The second kappa shape index (κ2) is 3.47. The highest BCUT2D eigenvalue weighted by atomic mass is 16.4. The Kier molecular flexibility index (Phi) is 2.36. The number of hydrogen-bond acceptors (Lipinski definition) is 3. The van der Waals surface area contributed by atoms with Crippen molar-refractivity contribution in [2.45, 2.75) is 19.3 Å². The van der Waals surface area contributed by atoms with E-state index in [-0.39, 0.29) is 24.7 Å². The van der Waals surface area contributed by atoms with Crippen LogP contribution >= 0.6 is 0 Å². The quantitative estimate of drug-likeness (QED) is 0.561. The number of aliphatic carboxylic acids is 2. The Morgan fingerprint density at radius 2 is 1.94 bits per heavy atom. The van der Waals surface area contributed by atoms with Gasteiger partial charge < -0.3 is 15.5 Å². The van der Waals surface area contributed by atoms with E-state index in [9.17, 15) is 14.4 Å². The second-order valence-corrected chi connectivity index (χ2v) is 4.55. The SMILES string of the molecule is O=C1NCC2CCC(C(=O)O)(C(=O)O)CC12. The van der Waals surface area contributed by atoms with Gasteiger partial charge in [0.25, 0.3) is 0 Å². The highest BCUT2D eigenvalue weighted by molar-refractivity contribution is 5.99. The van der Waals surface area contributed by atoms with Crippen LogP contribution in [0, 0.1) is 17.3 Å². The normalized spacial score (nSPS) is 31.6. The number of hydrogen-bond donors (Lipinski definition) is 3. The summed E-state index contributed by atoms with van der Waals surface area (Å²) in [6, 6.07) is 0. The Hall–Kier alpha value is -1.59. The Balaban J connectivity index is 2.28. The maximum atomic E-state index is 11.4. The molecule has 0 spiro atoms. The van der Waals surface area contributed by atoms with E-state index in [0.717, 1.165) is 0 Å². The van der Waals surface area contributed by atoms with Crippen LogP contribution in [0.15, 0.2) is 0 Å². The molecule has 2 aliphatic rings. The lowest BCUT2D eigenvalue weighted by atomic mass is 9.66. The van der Waals surface area contributed by atoms with Crippen LogP contribution in [0.1, 0.15) is 19.3 Å². The van der Waals surface area contributed by atoms with Gasteiger partial charge in [0.2, 0.25) is 5.91 Å². The third kappa shape index (κ3) is 1.36. The predicted octanol–water partition coefficient (Wildman–Crippen LogP) is -0.312. The van der Waals surface area contributed by atoms with Crippen molar-refractivity contribution in [1.82, 2.24) is 5.32 Å². The van der Waals surface area contributed by atoms with Gasteiger partial charge in [0, 0.05) is 12.5 Å². The summed E-state index contributed by atoms with van der Waals surface area (Å²) in [5.41, 5.74) is -1.77. The standard InChI is InChI=1S/C10H13NO5/c12-7-6-3-10(8(13)14,9(15)16)2-1-5(6)4-11-7/h5-6H,1-4H2,(H,11,12)(H,13,14)(H,15,16). The van der Waals surface area contributed by atoms with E-state index in [1.165, 1.54) is 0 Å². The van der Waals surface area contributed by atoms with Gasteiger partial charge in [0.1, 0.15) is 0 Å². The second-order valence-electron chi connectivity index (χ2n) is 4.55. The third-order valence-electron chi connectivity index (χ3n) is 3.77. The first-order chi connectivity index (χ1) is 7.47. The van der Waals surface area contributed by atoms with Crippen molar-refractivity contribution in [3.8, 4) is 0 Å². The van der Waals surface area contributed by atoms with Crippen LogP contribution in [0.4, 0.5) is 0 Å². The van der Waals surface area contributed by atoms with Crippen LogP contribution < -0.4 is 5.32 Å². The largest absolute Gasteiger partial charge is 0.480 e. The fourth-order valence-electron chi connectivity index (χ4n) is 2.67. The van der Waals surface area contributed by atoms with Crippen molar-refractivity contribution in [3.63, 3.8) is 0 Å². The molecule has 1 heterocycles. The zero-order chi connectivity index (χ0) is 11.9. The zero-order valence-electron chi connectivity index (χ0n) is 8.60. The van der Waals surface area contributed by atoms with E-state index < -0.39 is 23.3 Å². The fraction of sp³-hybridized carbons (Fsp3) is 0.700. The maximum absolute atomic E-state index is 11.4. The summed E-state index contributed by atoms with van der Waals surface area (Å²) < 4.78 is 0. The van der Waals surface area contributed by atoms with Gasteiger partial charge in [-0.05, 0) is 25.2 Å². The molecule has 0 aromatic heterocycles. The van der Waals surface area contributed by atoms with E-state index in [0.29, 0.717) is 13.0 Å². The molecule has 0 radical (unpaired) electrons. The Morgan fingerprint density at radius 1 is 1.31 bits per heavy atom. The minimum Gasteiger partial charge on any atom is -0.480 e. The lowest BCUT2D eigenvalue weighted by Crippen LogP contribution is -2.46. The third-order valence-corrected chi connectivity index (χ3v) is 3.77. The average molecular weight is 227 g/mol. The molecule has 1 amide bonds. The van der Waals surface area contributed by atoms with Gasteiger partial charge in [0.15, 0.2) is 5.41 Å². The number of amides is 1. The van der Waals surface area contributed by atoms with Crippen molar-refractivity contribution in [2.75, 3.05) is 6.54 Å². The molecule has 16 heavy (non-hydrogen) atoms. The first-order valence-corrected chi connectivity index (χ1v) is 5.22. The summed E-state index contributed by atoms with van der Waals surface area (Å²) in [5, 5.41) is 20.8. The summed E-state index contributed by atoms with van der Waals surface area (Å²) in [4.78, 5) is 33.6. The number of carboxylic acids is 2. The summed E-state index contributed by atoms with van der Waals surface area (Å²) in [7, 11) is 0. The molecule has 6 heteroatoms. The maximum Gasteiger partial charge on any atom is 0.321 e. The fourth-order valence-corrected chi connectivity index (χ4v) is 2.67. The monoisotopic (exact) mass is 227 g/mol. The van der Waals surface area contributed by atoms with E-state index in [1.54, 1.807) is 0 Å². The minimum atomic E-state index is -1.77. The van der Waals surface area contributed by atoms with Gasteiger partial charge in [-0.2, -0.15) is 0 Å². The number of carbonyl (C=O) groups is 3. The Morgan fingerprint density at radius 3 is 2.50 bits per heavy atom. The number of carbonyl (C=O) groups excluding carboxylic acids is 1. The highest BCUT2D eigenvalue weighted by Gasteiger charge is 2.55. The molecular formula is C10H13NO5.